The van der Waals surface area contributed by atoms with Crippen molar-refractivity contribution in [3.63, 3.8) is 0 Å². The van der Waals surface area contributed by atoms with Gasteiger partial charge in [-0.05, 0) is 61.7 Å². The predicted octanol–water partition coefficient (Wildman–Crippen LogP) is 4.11. The van der Waals surface area contributed by atoms with Crippen molar-refractivity contribution < 1.29 is 19.1 Å². The predicted molar refractivity (Wildman–Crippen MR) is 239 cm³/mol. The number of likely N-dealkylation sites (tertiary alicyclic amines) is 1. The maximum Gasteiger partial charge on any atom is 0.225 e. The SMILES string of the molecule is CCNC(=O)C[C@@H]1N=C(c2ccc(OCC3CN(C4NCC(C(=O)NC5C(C)(C)C(Oc6ccc(C#N)c(Cl)c6)C5(C)C)CN4)C3)cc2)C2C(C)C(C)SC2N2C(C)NNC12. The van der Waals surface area contributed by atoms with E-state index in [1.807, 2.05) is 18.7 Å². The summed E-state index contributed by atoms with van der Waals surface area (Å²) in [6.07, 6.45) is 0.226. The Morgan fingerprint density at radius 3 is 2.36 bits per heavy atom. The van der Waals surface area contributed by atoms with Gasteiger partial charge < -0.3 is 20.1 Å². The lowest BCUT2D eigenvalue weighted by molar-refractivity contribution is -0.175. The lowest BCUT2D eigenvalue weighted by Crippen LogP contribution is -2.75. The van der Waals surface area contributed by atoms with Crippen molar-refractivity contribution in [3.05, 3.63) is 58.6 Å². The Balaban J connectivity index is 0.811. The van der Waals surface area contributed by atoms with Crippen LogP contribution in [0.1, 0.15) is 72.9 Å². The molecule has 1 saturated carbocycles. The van der Waals surface area contributed by atoms with Gasteiger partial charge in [-0.25, -0.2) is 10.9 Å². The molecule has 330 valence electrons. The third-order valence-electron chi connectivity index (χ3n) is 14.1. The van der Waals surface area contributed by atoms with E-state index in [9.17, 15) is 14.9 Å². The second kappa shape index (κ2) is 17.6. The average Bonchev–Trinajstić information content (AvgIpc) is 3.70. The summed E-state index contributed by atoms with van der Waals surface area (Å²) in [6, 6.07) is 15.3. The molecule has 2 aromatic carbocycles. The van der Waals surface area contributed by atoms with E-state index in [1.165, 1.54) is 0 Å². The van der Waals surface area contributed by atoms with E-state index in [0.717, 1.165) is 30.1 Å². The number of carbonyl (C=O) groups is 2. The first kappa shape index (κ1) is 44.2. The van der Waals surface area contributed by atoms with Gasteiger partial charge in [-0.15, -0.1) is 11.8 Å². The molecule has 5 heterocycles. The van der Waals surface area contributed by atoms with Crippen LogP contribution in [0.25, 0.3) is 0 Å². The molecule has 5 aliphatic heterocycles. The van der Waals surface area contributed by atoms with E-state index >= 15 is 0 Å². The fourth-order valence-corrected chi connectivity index (χ4v) is 13.0. The normalized spacial score (nSPS) is 34.4. The summed E-state index contributed by atoms with van der Waals surface area (Å²) < 4.78 is 12.7. The summed E-state index contributed by atoms with van der Waals surface area (Å²) in [5, 5.41) is 23.8. The fraction of sp³-hybridized carbons (Fsp3) is 0.644. The molecule has 16 heteroatoms. The lowest BCUT2D eigenvalue weighted by Gasteiger charge is -2.63. The van der Waals surface area contributed by atoms with Crippen LogP contribution in [-0.2, 0) is 9.59 Å². The molecule has 0 bridgehead atoms. The largest absolute Gasteiger partial charge is 0.493 e. The number of carbonyl (C=O) groups excluding carboxylic acids is 2. The standard InChI is InChI=1S/C45H63ClN10O4S/c1-9-48-35(57)17-34-38-54-53-26(4)56(38)40-36(24(2)25(3)61-40)37(51-34)28-10-13-31(14-11-28)59-23-27-21-55(22-27)43-49-19-30(20-50-43)39(58)52-41-44(5,6)42(45(41,7)8)60-32-15-12-29(18-47)33(46)16-32/h10-16,24-27,30,34,36,38,40-43,49-50,53-54H,9,17,19-23H2,1-8H3,(H,48,57)(H,52,58)/t24?,25?,26?,30?,34-,36?,38?,40?,41?,42?,43?/m0/s1. The van der Waals surface area contributed by atoms with Crippen molar-refractivity contribution in [1.82, 2.24) is 41.9 Å². The average molecular weight is 876 g/mol. The second-order valence-corrected chi connectivity index (χ2v) is 21.0. The van der Waals surface area contributed by atoms with Crippen LogP contribution in [0.5, 0.6) is 11.5 Å². The Morgan fingerprint density at radius 2 is 1.70 bits per heavy atom. The molecule has 4 saturated heterocycles. The van der Waals surface area contributed by atoms with Gasteiger partial charge in [-0.2, -0.15) is 5.26 Å². The maximum absolute atomic E-state index is 13.6. The molecule has 6 aliphatic rings. The molecule has 7 atom stereocenters. The minimum absolute atomic E-state index is 0.0120. The number of nitrogens with one attached hydrogen (secondary N) is 6. The Kier molecular flexibility index (Phi) is 12.7. The van der Waals surface area contributed by atoms with Crippen LogP contribution in [0.4, 0.5) is 0 Å². The number of aliphatic imine (C=N–C) groups is 1. The molecule has 61 heavy (non-hydrogen) atoms. The van der Waals surface area contributed by atoms with Crippen molar-refractivity contribution in [2.75, 3.05) is 39.3 Å². The third kappa shape index (κ3) is 8.52. The number of nitrogens with zero attached hydrogens (tertiary/aromatic N) is 4. The maximum atomic E-state index is 13.6. The molecule has 14 nitrogen and oxygen atoms in total. The third-order valence-corrected chi connectivity index (χ3v) is 16.1. The number of ether oxygens (including phenoxy) is 2. The number of hydrogen-bond donors (Lipinski definition) is 6. The topological polar surface area (TPSA) is 167 Å². The number of thioether (sulfide) groups is 1. The van der Waals surface area contributed by atoms with Crippen LogP contribution in [0, 0.1) is 45.8 Å². The van der Waals surface area contributed by atoms with Crippen LogP contribution >= 0.6 is 23.4 Å². The number of hydrazine groups is 1. The number of rotatable bonds is 12. The van der Waals surface area contributed by atoms with Crippen molar-refractivity contribution >= 4 is 40.9 Å². The minimum Gasteiger partial charge on any atom is -0.493 e. The summed E-state index contributed by atoms with van der Waals surface area (Å²) >= 11 is 8.29. The van der Waals surface area contributed by atoms with Gasteiger partial charge in [0, 0.05) is 78.5 Å². The Labute approximate surface area is 370 Å². The fourth-order valence-electron chi connectivity index (χ4n) is 10.9. The van der Waals surface area contributed by atoms with Gasteiger partial charge in [0.25, 0.3) is 0 Å². The zero-order valence-electron chi connectivity index (χ0n) is 36.6. The van der Waals surface area contributed by atoms with Gasteiger partial charge in [-0.1, -0.05) is 53.1 Å². The van der Waals surface area contributed by atoms with E-state index in [-0.39, 0.29) is 76.7 Å². The molecule has 8 rings (SSSR count). The highest BCUT2D eigenvalue weighted by atomic mass is 35.5. The number of benzene rings is 2. The molecule has 6 unspecified atom stereocenters. The van der Waals surface area contributed by atoms with E-state index in [2.05, 4.69) is 121 Å². The van der Waals surface area contributed by atoms with Gasteiger partial charge in [0.05, 0.1) is 53.3 Å². The zero-order chi connectivity index (χ0) is 43.4. The molecule has 1 aliphatic carbocycles. The molecule has 0 spiro atoms. The van der Waals surface area contributed by atoms with E-state index < -0.39 is 0 Å². The number of fused-ring (bicyclic) bond motifs is 3. The molecule has 5 fully saturated rings. The van der Waals surface area contributed by atoms with Gasteiger partial charge in [0.1, 0.15) is 30.0 Å². The van der Waals surface area contributed by atoms with Crippen molar-refractivity contribution in [2.24, 2.45) is 39.5 Å². The smallest absolute Gasteiger partial charge is 0.225 e. The first-order valence-electron chi connectivity index (χ1n) is 22.0. The van der Waals surface area contributed by atoms with Crippen LogP contribution in [0.2, 0.25) is 5.02 Å². The van der Waals surface area contributed by atoms with Crippen molar-refractivity contribution in [2.45, 2.75) is 109 Å². The summed E-state index contributed by atoms with van der Waals surface area (Å²) in [5.41, 5.74) is 8.84. The number of hydrogen-bond acceptors (Lipinski definition) is 13. The van der Waals surface area contributed by atoms with Crippen molar-refractivity contribution in [3.8, 4) is 17.6 Å². The zero-order valence-corrected chi connectivity index (χ0v) is 38.2. The van der Waals surface area contributed by atoms with Gasteiger partial charge in [-0.3, -0.25) is 35.0 Å². The van der Waals surface area contributed by atoms with E-state index in [0.29, 0.717) is 66.1 Å². The monoisotopic (exact) mass is 874 g/mol. The van der Waals surface area contributed by atoms with E-state index in [1.54, 1.807) is 18.2 Å². The highest BCUT2D eigenvalue weighted by Crippen LogP contribution is 2.56. The van der Waals surface area contributed by atoms with E-state index in [4.69, 9.17) is 26.1 Å². The molecular formula is C45H63ClN10O4S. The first-order chi connectivity index (χ1) is 29.1. The van der Waals surface area contributed by atoms with Crippen LogP contribution in [0.3, 0.4) is 0 Å². The lowest BCUT2D eigenvalue weighted by atomic mass is 9.49. The number of halogens is 1. The number of amides is 2. The molecular weight excluding hydrogens is 812 g/mol. The highest BCUT2D eigenvalue weighted by Gasteiger charge is 2.64. The number of nitriles is 1. The summed E-state index contributed by atoms with van der Waals surface area (Å²) in [7, 11) is 0. The van der Waals surface area contributed by atoms with Gasteiger partial charge >= 0.3 is 0 Å². The van der Waals surface area contributed by atoms with Gasteiger partial charge in [0.15, 0.2) is 0 Å². The van der Waals surface area contributed by atoms with Gasteiger partial charge in [0.2, 0.25) is 11.8 Å². The Morgan fingerprint density at radius 1 is 1.02 bits per heavy atom. The minimum atomic E-state index is -0.321. The molecule has 0 aromatic heterocycles. The van der Waals surface area contributed by atoms with Crippen LogP contribution in [0.15, 0.2) is 47.5 Å². The van der Waals surface area contributed by atoms with Crippen LogP contribution < -0.4 is 41.6 Å². The Bertz CT molecular complexity index is 2000. The molecule has 2 aromatic rings. The quantitative estimate of drug-likeness (QED) is 0.181. The second-order valence-electron chi connectivity index (χ2n) is 19.1. The van der Waals surface area contributed by atoms with Crippen molar-refractivity contribution in [1.29, 1.82) is 5.26 Å². The molecule has 0 radical (unpaired) electrons. The summed E-state index contributed by atoms with van der Waals surface area (Å²) in [6.45, 7) is 21.5. The Hall–Kier alpha value is -3.46. The summed E-state index contributed by atoms with van der Waals surface area (Å²) in [4.78, 5) is 36.8. The molecule has 6 N–H and O–H groups in total. The van der Waals surface area contributed by atoms with Crippen LogP contribution in [-0.4, -0.2) is 114 Å². The highest BCUT2D eigenvalue weighted by molar-refractivity contribution is 8.00. The molecule has 2 amide bonds. The first-order valence-corrected chi connectivity index (χ1v) is 23.3. The summed E-state index contributed by atoms with van der Waals surface area (Å²) in [5.74, 6) is 2.36.